The topological polar surface area (TPSA) is 49.4 Å². The van der Waals surface area contributed by atoms with Gasteiger partial charge >= 0.3 is 5.51 Å². The SMILES string of the molecule is O=S(=O)(c1ccccc1NCC(c1cccs1)N1CCCC1)C(F)(F)F. The summed E-state index contributed by atoms with van der Waals surface area (Å²) in [4.78, 5) is 2.65. The van der Waals surface area contributed by atoms with E-state index < -0.39 is 20.2 Å². The highest BCUT2D eigenvalue weighted by atomic mass is 32.2. The zero-order valence-electron chi connectivity index (χ0n) is 13.9. The van der Waals surface area contributed by atoms with Gasteiger partial charge in [-0.05, 0) is 49.5 Å². The molecule has 0 amide bonds. The van der Waals surface area contributed by atoms with Crippen molar-refractivity contribution in [3.05, 3.63) is 46.7 Å². The second-order valence-electron chi connectivity index (χ2n) is 6.10. The Morgan fingerprint density at radius 2 is 1.81 bits per heavy atom. The minimum atomic E-state index is -5.40. The molecule has 3 rings (SSSR count). The maximum absolute atomic E-state index is 12.9. The van der Waals surface area contributed by atoms with Crippen molar-refractivity contribution in [1.29, 1.82) is 0 Å². The van der Waals surface area contributed by atoms with Crippen molar-refractivity contribution in [3.8, 4) is 0 Å². The van der Waals surface area contributed by atoms with Crippen LogP contribution in [0.1, 0.15) is 23.8 Å². The van der Waals surface area contributed by atoms with E-state index in [2.05, 4.69) is 10.2 Å². The number of hydrogen-bond donors (Lipinski definition) is 1. The van der Waals surface area contributed by atoms with Crippen LogP contribution in [0.4, 0.5) is 18.9 Å². The molecule has 1 fully saturated rings. The van der Waals surface area contributed by atoms with Crippen LogP contribution in [0.15, 0.2) is 46.7 Å². The molecule has 1 aromatic heterocycles. The van der Waals surface area contributed by atoms with E-state index in [4.69, 9.17) is 0 Å². The second kappa shape index (κ2) is 7.58. The zero-order chi connectivity index (χ0) is 18.8. The molecule has 26 heavy (non-hydrogen) atoms. The van der Waals surface area contributed by atoms with Crippen LogP contribution < -0.4 is 5.32 Å². The number of thiophene rings is 1. The van der Waals surface area contributed by atoms with Gasteiger partial charge in [-0.25, -0.2) is 8.42 Å². The van der Waals surface area contributed by atoms with E-state index >= 15 is 0 Å². The molecule has 1 aliphatic heterocycles. The molecule has 0 radical (unpaired) electrons. The molecule has 1 unspecified atom stereocenters. The van der Waals surface area contributed by atoms with E-state index in [1.165, 1.54) is 18.2 Å². The van der Waals surface area contributed by atoms with Crippen LogP contribution >= 0.6 is 11.3 Å². The maximum Gasteiger partial charge on any atom is 0.501 e. The summed E-state index contributed by atoms with van der Waals surface area (Å²) in [5, 5.41) is 4.90. The minimum Gasteiger partial charge on any atom is -0.382 e. The minimum absolute atomic E-state index is 0.000790. The Hall–Kier alpha value is -1.58. The Labute approximate surface area is 154 Å². The van der Waals surface area contributed by atoms with Gasteiger partial charge in [-0.3, -0.25) is 4.90 Å². The Morgan fingerprint density at radius 1 is 1.12 bits per heavy atom. The lowest BCUT2D eigenvalue weighted by Gasteiger charge is -2.27. The quantitative estimate of drug-likeness (QED) is 0.780. The molecule has 2 heterocycles. The van der Waals surface area contributed by atoms with Crippen LogP contribution in [0, 0.1) is 0 Å². The molecule has 142 valence electrons. The molecule has 0 saturated carbocycles. The molecule has 1 aromatic carbocycles. The molecule has 0 aliphatic carbocycles. The Bertz CT molecular complexity index is 830. The van der Waals surface area contributed by atoms with E-state index in [9.17, 15) is 21.6 Å². The van der Waals surface area contributed by atoms with Crippen molar-refractivity contribution >= 4 is 26.9 Å². The highest BCUT2D eigenvalue weighted by Gasteiger charge is 2.48. The van der Waals surface area contributed by atoms with Crippen molar-refractivity contribution in [3.63, 3.8) is 0 Å². The fraction of sp³-hybridized carbons (Fsp3) is 0.412. The number of alkyl halides is 3. The summed E-state index contributed by atoms with van der Waals surface area (Å²) in [7, 11) is -5.40. The molecular weight excluding hydrogens is 385 g/mol. The number of hydrogen-bond acceptors (Lipinski definition) is 5. The first-order valence-electron chi connectivity index (χ1n) is 8.22. The van der Waals surface area contributed by atoms with Crippen molar-refractivity contribution in [2.75, 3.05) is 25.0 Å². The number of sulfone groups is 1. The standard InChI is InChI=1S/C17H19F3N2O2S2/c18-17(19,20)26(23,24)16-8-2-1-6-13(16)21-12-14(15-7-5-11-25-15)22-9-3-4-10-22/h1-2,5-8,11,14,21H,3-4,9-10,12H2. The van der Waals surface area contributed by atoms with Crippen molar-refractivity contribution in [2.24, 2.45) is 0 Å². The van der Waals surface area contributed by atoms with Crippen LogP contribution in [-0.2, 0) is 9.84 Å². The van der Waals surface area contributed by atoms with Gasteiger partial charge in [-0.15, -0.1) is 11.3 Å². The zero-order valence-corrected chi connectivity index (χ0v) is 15.5. The second-order valence-corrected chi connectivity index (χ2v) is 8.99. The van der Waals surface area contributed by atoms with Crippen molar-refractivity contribution < 1.29 is 21.6 Å². The average molecular weight is 404 g/mol. The summed E-state index contributed by atoms with van der Waals surface area (Å²) in [6, 6.07) is 9.10. The summed E-state index contributed by atoms with van der Waals surface area (Å²) in [5.74, 6) is 0. The number of nitrogens with zero attached hydrogens (tertiary/aromatic N) is 1. The molecule has 1 aliphatic rings. The summed E-state index contributed by atoms with van der Waals surface area (Å²) < 4.78 is 62.5. The van der Waals surface area contributed by atoms with Gasteiger partial charge < -0.3 is 5.32 Å². The lowest BCUT2D eigenvalue weighted by atomic mass is 10.2. The highest BCUT2D eigenvalue weighted by Crippen LogP contribution is 2.35. The summed E-state index contributed by atoms with van der Waals surface area (Å²) in [6.45, 7) is 2.18. The molecular formula is C17H19F3N2O2S2. The first-order valence-corrected chi connectivity index (χ1v) is 10.6. The molecule has 0 spiro atoms. The van der Waals surface area contributed by atoms with E-state index in [1.54, 1.807) is 11.3 Å². The summed E-state index contributed by atoms with van der Waals surface area (Å²) in [5.41, 5.74) is -5.35. The molecule has 9 heteroatoms. The number of benzene rings is 1. The monoisotopic (exact) mass is 404 g/mol. The lowest BCUT2D eigenvalue weighted by molar-refractivity contribution is -0.0435. The normalized spacial score (nSPS) is 17.3. The molecule has 4 nitrogen and oxygen atoms in total. The van der Waals surface area contributed by atoms with Crippen LogP contribution in [0.25, 0.3) is 0 Å². The van der Waals surface area contributed by atoms with Crippen LogP contribution in [0.3, 0.4) is 0 Å². The van der Waals surface area contributed by atoms with Crippen LogP contribution in [0.5, 0.6) is 0 Å². The maximum atomic E-state index is 12.9. The Morgan fingerprint density at radius 3 is 2.42 bits per heavy atom. The third-order valence-corrected chi connectivity index (χ3v) is 6.94. The first-order chi connectivity index (χ1) is 12.3. The van der Waals surface area contributed by atoms with Crippen LogP contribution in [0.2, 0.25) is 0 Å². The fourth-order valence-electron chi connectivity index (χ4n) is 3.12. The number of likely N-dealkylation sites (tertiary alicyclic amines) is 1. The van der Waals surface area contributed by atoms with Gasteiger partial charge in [0.25, 0.3) is 9.84 Å². The van der Waals surface area contributed by atoms with E-state index in [1.807, 2.05) is 17.5 Å². The summed E-state index contributed by atoms with van der Waals surface area (Å²) in [6.07, 6.45) is 2.17. The van der Waals surface area contributed by atoms with Gasteiger partial charge in [0.2, 0.25) is 0 Å². The number of para-hydroxylation sites is 1. The Kier molecular flexibility index (Phi) is 5.59. The highest BCUT2D eigenvalue weighted by molar-refractivity contribution is 7.92. The fourth-order valence-corrected chi connectivity index (χ4v) is 4.92. The van der Waals surface area contributed by atoms with E-state index in [0.29, 0.717) is 6.54 Å². The van der Waals surface area contributed by atoms with Gasteiger partial charge in [-0.2, -0.15) is 13.2 Å². The van der Waals surface area contributed by atoms with Crippen molar-refractivity contribution in [1.82, 2.24) is 4.90 Å². The first kappa shape index (κ1) is 19.2. The van der Waals surface area contributed by atoms with Gasteiger partial charge in [0.15, 0.2) is 0 Å². The molecule has 1 atom stereocenters. The molecule has 0 bridgehead atoms. The number of rotatable bonds is 6. The number of halogens is 3. The van der Waals surface area contributed by atoms with E-state index in [-0.39, 0.29) is 11.7 Å². The third kappa shape index (κ3) is 3.89. The van der Waals surface area contributed by atoms with Gasteiger partial charge in [0.05, 0.1) is 16.6 Å². The average Bonchev–Trinajstić information content (AvgIpc) is 3.28. The molecule has 2 aromatic rings. The van der Waals surface area contributed by atoms with Crippen LogP contribution in [-0.4, -0.2) is 38.5 Å². The lowest BCUT2D eigenvalue weighted by Crippen LogP contribution is -2.31. The largest absolute Gasteiger partial charge is 0.501 e. The number of nitrogens with one attached hydrogen (secondary N) is 1. The van der Waals surface area contributed by atoms with Gasteiger partial charge in [0, 0.05) is 11.4 Å². The van der Waals surface area contributed by atoms with Gasteiger partial charge in [-0.1, -0.05) is 18.2 Å². The van der Waals surface area contributed by atoms with Crippen molar-refractivity contribution in [2.45, 2.75) is 29.3 Å². The predicted molar refractivity (Wildman–Crippen MR) is 96.0 cm³/mol. The predicted octanol–water partition coefficient (Wildman–Crippen LogP) is 4.29. The van der Waals surface area contributed by atoms with E-state index in [0.717, 1.165) is 36.9 Å². The third-order valence-electron chi connectivity index (χ3n) is 4.42. The molecule has 1 N–H and O–H groups in total. The van der Waals surface area contributed by atoms with Gasteiger partial charge in [0.1, 0.15) is 0 Å². The molecule has 1 saturated heterocycles. The smallest absolute Gasteiger partial charge is 0.382 e. The number of anilines is 1. The Balaban J connectivity index is 1.85. The summed E-state index contributed by atoms with van der Waals surface area (Å²) >= 11 is 1.59.